The van der Waals surface area contributed by atoms with Crippen molar-refractivity contribution in [2.75, 3.05) is 18.9 Å². The molecule has 1 aromatic rings. The van der Waals surface area contributed by atoms with Gasteiger partial charge >= 0.3 is 5.97 Å². The normalized spacial score (nSPS) is 11.9. The maximum Gasteiger partial charge on any atom is 0.326 e. The molecule has 0 radical (unpaired) electrons. The number of nitrogens with zero attached hydrogens (tertiary/aromatic N) is 1. The van der Waals surface area contributed by atoms with Crippen LogP contribution >= 0.6 is 11.3 Å². The first-order valence-corrected chi connectivity index (χ1v) is 5.31. The Morgan fingerprint density at radius 1 is 1.69 bits per heavy atom. The molecule has 0 saturated heterocycles. The van der Waals surface area contributed by atoms with Crippen LogP contribution in [0.2, 0.25) is 0 Å². The molecule has 0 saturated carbocycles. The van der Waals surface area contributed by atoms with Gasteiger partial charge in [-0.25, -0.2) is 4.98 Å². The molecular weight excluding hydrogens is 232 g/mol. The van der Waals surface area contributed by atoms with Gasteiger partial charge in [0, 0.05) is 12.4 Å². The highest BCUT2D eigenvalue weighted by molar-refractivity contribution is 7.13. The van der Waals surface area contributed by atoms with Crippen LogP contribution in [-0.2, 0) is 9.59 Å². The third-order valence-corrected chi connectivity index (χ3v) is 2.60. The van der Waals surface area contributed by atoms with Gasteiger partial charge in [0.2, 0.25) is 5.91 Å². The first-order valence-electron chi connectivity index (χ1n) is 4.43. The Hall–Kier alpha value is -1.67. The van der Waals surface area contributed by atoms with Gasteiger partial charge in [-0.2, -0.15) is 0 Å². The largest absolute Gasteiger partial charge is 0.480 e. The van der Waals surface area contributed by atoms with Crippen LogP contribution in [0.1, 0.15) is 11.7 Å². The molecule has 1 rings (SSSR count). The number of carbonyl (C=O) groups excluding carboxylic acids is 1. The zero-order valence-electron chi connectivity index (χ0n) is 8.56. The molecule has 8 heteroatoms. The molecule has 7 nitrogen and oxygen atoms in total. The number of hydrogen-bond acceptors (Lipinski definition) is 6. The summed E-state index contributed by atoms with van der Waals surface area (Å²) in [6, 6.07) is -1.13. The molecule has 1 heterocycles. The zero-order chi connectivity index (χ0) is 12.1. The van der Waals surface area contributed by atoms with Gasteiger partial charge in [0.05, 0.1) is 12.2 Å². The number of aliphatic carboxylic acids is 1. The molecule has 0 aliphatic carbocycles. The Labute approximate surface area is 95.7 Å². The molecule has 0 spiro atoms. The molecular formula is C8H12N4O3S. The molecule has 1 aromatic heterocycles. The van der Waals surface area contributed by atoms with Crippen molar-refractivity contribution in [1.82, 2.24) is 10.3 Å². The summed E-state index contributed by atoms with van der Waals surface area (Å²) in [5, 5.41) is 15.9. The predicted octanol–water partition coefficient (Wildman–Crippen LogP) is -0.615. The van der Waals surface area contributed by atoms with Gasteiger partial charge in [0.1, 0.15) is 6.04 Å². The highest BCUT2D eigenvalue weighted by atomic mass is 32.1. The molecule has 88 valence electrons. The molecule has 0 fully saturated rings. The third kappa shape index (κ3) is 3.17. The Bertz CT molecular complexity index is 392. The molecule has 16 heavy (non-hydrogen) atoms. The van der Waals surface area contributed by atoms with E-state index in [4.69, 9.17) is 10.8 Å². The highest BCUT2D eigenvalue weighted by Gasteiger charge is 2.17. The zero-order valence-corrected chi connectivity index (χ0v) is 9.37. The van der Waals surface area contributed by atoms with Crippen molar-refractivity contribution in [2.45, 2.75) is 6.04 Å². The van der Waals surface area contributed by atoms with E-state index in [1.807, 2.05) is 0 Å². The highest BCUT2D eigenvalue weighted by Crippen LogP contribution is 2.19. The Morgan fingerprint density at radius 2 is 2.38 bits per heavy atom. The lowest BCUT2D eigenvalue weighted by Crippen LogP contribution is -2.26. The van der Waals surface area contributed by atoms with Gasteiger partial charge < -0.3 is 21.5 Å². The van der Waals surface area contributed by atoms with Gasteiger partial charge in [0.25, 0.3) is 0 Å². The molecule has 0 aliphatic heterocycles. The van der Waals surface area contributed by atoms with E-state index in [9.17, 15) is 9.59 Å². The minimum absolute atomic E-state index is 0.0891. The standard InChI is InChI=1S/C8H12N4O3S/c1-10-5(13)2-11-8-12-4(3-16-8)6(9)7(14)15/h3,6H,2,9H2,1H3,(H,10,13)(H,11,12)(H,14,15). The Morgan fingerprint density at radius 3 is 2.94 bits per heavy atom. The SMILES string of the molecule is CNC(=O)CNc1nc(C(N)C(=O)O)cs1. The number of thiazole rings is 1. The van der Waals surface area contributed by atoms with Gasteiger partial charge in [0.15, 0.2) is 5.13 Å². The van der Waals surface area contributed by atoms with Crippen molar-refractivity contribution in [3.8, 4) is 0 Å². The monoisotopic (exact) mass is 244 g/mol. The topological polar surface area (TPSA) is 117 Å². The average Bonchev–Trinajstić information content (AvgIpc) is 2.73. The third-order valence-electron chi connectivity index (χ3n) is 1.79. The van der Waals surface area contributed by atoms with Crippen molar-refractivity contribution in [3.63, 3.8) is 0 Å². The van der Waals surface area contributed by atoms with Crippen LogP contribution in [0, 0.1) is 0 Å². The average molecular weight is 244 g/mol. The van der Waals surface area contributed by atoms with Gasteiger partial charge in [-0.3, -0.25) is 9.59 Å². The Kier molecular flexibility index (Phi) is 4.20. The van der Waals surface area contributed by atoms with Gasteiger partial charge in [-0.15, -0.1) is 11.3 Å². The molecule has 1 unspecified atom stereocenters. The number of rotatable bonds is 5. The summed E-state index contributed by atoms with van der Waals surface area (Å²) in [5.41, 5.74) is 5.65. The number of carbonyl (C=O) groups is 2. The molecule has 1 amide bonds. The lowest BCUT2D eigenvalue weighted by Gasteiger charge is -2.02. The van der Waals surface area contributed by atoms with E-state index in [0.717, 1.165) is 0 Å². The van der Waals surface area contributed by atoms with Crippen molar-refractivity contribution < 1.29 is 14.7 Å². The minimum atomic E-state index is -1.14. The van der Waals surface area contributed by atoms with E-state index in [-0.39, 0.29) is 18.1 Å². The summed E-state index contributed by atoms with van der Waals surface area (Å²) in [6.45, 7) is 0.0891. The number of amides is 1. The van der Waals surface area contributed by atoms with Crippen LogP contribution in [-0.4, -0.2) is 35.6 Å². The number of hydrogen-bond donors (Lipinski definition) is 4. The predicted molar refractivity (Wildman–Crippen MR) is 59.2 cm³/mol. The summed E-state index contributed by atoms with van der Waals surface area (Å²) in [4.78, 5) is 25.5. The summed E-state index contributed by atoms with van der Waals surface area (Å²) in [7, 11) is 1.53. The summed E-state index contributed by atoms with van der Waals surface area (Å²) < 4.78 is 0. The van der Waals surface area contributed by atoms with Gasteiger partial charge in [-0.1, -0.05) is 0 Å². The fourth-order valence-corrected chi connectivity index (χ4v) is 1.63. The second-order valence-corrected chi connectivity index (χ2v) is 3.78. The molecule has 0 aliphatic rings. The number of aromatic nitrogens is 1. The summed E-state index contributed by atoms with van der Waals surface area (Å²) >= 11 is 1.20. The molecule has 5 N–H and O–H groups in total. The van der Waals surface area contributed by atoms with Crippen LogP contribution < -0.4 is 16.4 Å². The van der Waals surface area contributed by atoms with Crippen LogP contribution in [0.5, 0.6) is 0 Å². The smallest absolute Gasteiger partial charge is 0.326 e. The van der Waals surface area contributed by atoms with E-state index in [0.29, 0.717) is 5.13 Å². The van der Waals surface area contributed by atoms with E-state index >= 15 is 0 Å². The van der Waals surface area contributed by atoms with E-state index in [2.05, 4.69) is 15.6 Å². The first-order chi connectivity index (χ1) is 7.54. The quantitative estimate of drug-likeness (QED) is 0.548. The van der Waals surface area contributed by atoms with Crippen LogP contribution in [0.25, 0.3) is 0 Å². The fourth-order valence-electron chi connectivity index (χ4n) is 0.881. The van der Waals surface area contributed by atoms with Crippen LogP contribution in [0.15, 0.2) is 5.38 Å². The molecule has 0 bridgehead atoms. The minimum Gasteiger partial charge on any atom is -0.480 e. The lowest BCUT2D eigenvalue weighted by atomic mass is 10.2. The maximum absolute atomic E-state index is 10.9. The lowest BCUT2D eigenvalue weighted by molar-refractivity contribution is -0.138. The van der Waals surface area contributed by atoms with E-state index in [1.54, 1.807) is 5.38 Å². The van der Waals surface area contributed by atoms with E-state index in [1.165, 1.54) is 18.4 Å². The number of carboxylic acid groups (broad SMARTS) is 1. The second kappa shape index (κ2) is 5.42. The Balaban J connectivity index is 2.58. The summed E-state index contributed by atoms with van der Waals surface area (Å²) in [5.74, 6) is -1.32. The number of anilines is 1. The maximum atomic E-state index is 10.9. The first kappa shape index (κ1) is 12.4. The summed E-state index contributed by atoms with van der Waals surface area (Å²) in [6.07, 6.45) is 0. The number of nitrogens with one attached hydrogen (secondary N) is 2. The number of likely N-dealkylation sites (N-methyl/N-ethyl adjacent to an activating group) is 1. The number of carboxylic acids is 1. The molecule has 1 atom stereocenters. The fraction of sp³-hybridized carbons (Fsp3) is 0.375. The van der Waals surface area contributed by atoms with E-state index < -0.39 is 12.0 Å². The van der Waals surface area contributed by atoms with Crippen molar-refractivity contribution in [3.05, 3.63) is 11.1 Å². The van der Waals surface area contributed by atoms with Crippen molar-refractivity contribution in [2.24, 2.45) is 5.73 Å². The second-order valence-electron chi connectivity index (χ2n) is 2.92. The van der Waals surface area contributed by atoms with Crippen LogP contribution in [0.4, 0.5) is 5.13 Å². The molecule has 0 aromatic carbocycles. The van der Waals surface area contributed by atoms with Gasteiger partial charge in [-0.05, 0) is 0 Å². The van der Waals surface area contributed by atoms with Crippen molar-refractivity contribution in [1.29, 1.82) is 0 Å². The van der Waals surface area contributed by atoms with Crippen LogP contribution in [0.3, 0.4) is 0 Å². The van der Waals surface area contributed by atoms with Crippen molar-refractivity contribution >= 4 is 28.3 Å². The number of nitrogens with two attached hydrogens (primary N) is 1.